The van der Waals surface area contributed by atoms with Crippen LogP contribution in [0, 0.1) is 6.92 Å². The minimum absolute atomic E-state index is 0.0209. The third kappa shape index (κ3) is 5.80. The number of benzene rings is 2. The van der Waals surface area contributed by atoms with Gasteiger partial charge >= 0.3 is 0 Å². The first kappa shape index (κ1) is 21.8. The van der Waals surface area contributed by atoms with Crippen LogP contribution in [0.25, 0.3) is 0 Å². The maximum Gasteiger partial charge on any atom is 0.262 e. The van der Waals surface area contributed by atoms with E-state index in [9.17, 15) is 13.2 Å². The van der Waals surface area contributed by atoms with Crippen LogP contribution < -0.4 is 10.2 Å². The summed E-state index contributed by atoms with van der Waals surface area (Å²) in [5.74, 6) is 2.06. The first-order valence-electron chi connectivity index (χ1n) is 9.25. The first-order valence-corrected chi connectivity index (χ1v) is 11.9. The monoisotopic (exact) mass is 435 g/mol. The number of carbonyl (C=O) groups excluding carboxylic acids is 1. The van der Waals surface area contributed by atoms with Crippen molar-refractivity contribution >= 4 is 33.4 Å². The van der Waals surface area contributed by atoms with Crippen molar-refractivity contribution in [3.05, 3.63) is 59.2 Å². The normalized spacial score (nSPS) is 15.2. The van der Waals surface area contributed by atoms with E-state index >= 15 is 0 Å². The van der Waals surface area contributed by atoms with Gasteiger partial charge < -0.3 is 5.32 Å². The average Bonchev–Trinajstić information content (AvgIpc) is 2.71. The van der Waals surface area contributed by atoms with Gasteiger partial charge in [-0.05, 0) is 48.4 Å². The maximum absolute atomic E-state index is 12.5. The summed E-state index contributed by atoms with van der Waals surface area (Å²) in [7, 11) is -2.52. The van der Waals surface area contributed by atoms with E-state index in [0.717, 1.165) is 30.9 Å². The van der Waals surface area contributed by atoms with Crippen LogP contribution in [-0.2, 0) is 21.4 Å². The molecule has 1 aliphatic heterocycles. The molecule has 0 spiro atoms. The predicted molar refractivity (Wildman–Crippen MR) is 116 cm³/mol. The van der Waals surface area contributed by atoms with Crippen LogP contribution >= 0.6 is 11.8 Å². The molecule has 0 aromatic heterocycles. The van der Waals surface area contributed by atoms with Gasteiger partial charge in [0.2, 0.25) is 0 Å². The van der Waals surface area contributed by atoms with Gasteiger partial charge in [0.15, 0.2) is 0 Å². The number of hydrogen-bond acceptors (Lipinski definition) is 6. The molecule has 1 heterocycles. The average molecular weight is 436 g/mol. The number of amides is 1. The number of hydrogen-bond donors (Lipinski definition) is 2. The molecule has 1 aliphatic rings. The zero-order valence-electron chi connectivity index (χ0n) is 16.5. The molecule has 9 heteroatoms. The van der Waals surface area contributed by atoms with Gasteiger partial charge in [-0.2, -0.15) is 11.8 Å². The van der Waals surface area contributed by atoms with Gasteiger partial charge in [0.25, 0.3) is 15.9 Å². The summed E-state index contributed by atoms with van der Waals surface area (Å²) in [6, 6.07) is 11.7. The lowest BCUT2D eigenvalue weighted by Crippen LogP contribution is -2.31. The molecule has 29 heavy (non-hydrogen) atoms. The largest absolute Gasteiger partial charge is 0.322 e. The summed E-state index contributed by atoms with van der Waals surface area (Å²) in [6.07, 6.45) is 0. The third-order valence-electron chi connectivity index (χ3n) is 4.67. The van der Waals surface area contributed by atoms with Crippen molar-refractivity contribution < 1.29 is 18.0 Å². The molecule has 0 aliphatic carbocycles. The highest BCUT2D eigenvalue weighted by Crippen LogP contribution is 2.20. The Morgan fingerprint density at radius 3 is 2.45 bits per heavy atom. The van der Waals surface area contributed by atoms with Crippen LogP contribution in [0.5, 0.6) is 0 Å². The lowest BCUT2D eigenvalue weighted by molar-refractivity contribution is 0.102. The van der Waals surface area contributed by atoms with Gasteiger partial charge in [-0.3, -0.25) is 14.5 Å². The summed E-state index contributed by atoms with van der Waals surface area (Å²) >= 11 is 1.99. The number of thioether (sulfide) groups is 1. The summed E-state index contributed by atoms with van der Waals surface area (Å²) in [5.41, 5.74) is 3.33. The van der Waals surface area contributed by atoms with Crippen LogP contribution in [0.1, 0.15) is 21.5 Å². The smallest absolute Gasteiger partial charge is 0.262 e. The van der Waals surface area contributed by atoms with E-state index in [1.165, 1.54) is 48.4 Å². The van der Waals surface area contributed by atoms with Crippen molar-refractivity contribution in [1.82, 2.24) is 9.79 Å². The maximum atomic E-state index is 12.5. The van der Waals surface area contributed by atoms with Gasteiger partial charge in [0, 0.05) is 42.4 Å². The van der Waals surface area contributed by atoms with E-state index in [1.54, 1.807) is 0 Å². The van der Waals surface area contributed by atoms with E-state index in [1.807, 2.05) is 35.7 Å². The molecule has 2 N–H and O–H groups in total. The second kappa shape index (κ2) is 9.73. The topological polar surface area (TPSA) is 87.7 Å². The number of anilines is 1. The van der Waals surface area contributed by atoms with Crippen molar-refractivity contribution in [3.8, 4) is 0 Å². The van der Waals surface area contributed by atoms with E-state index in [2.05, 4.69) is 21.1 Å². The Bertz CT molecular complexity index is 956. The molecule has 7 nitrogen and oxygen atoms in total. The Hall–Kier alpha value is -1.91. The number of nitrogens with zero attached hydrogens (tertiary/aromatic N) is 1. The number of carbonyl (C=O) groups is 1. The Morgan fingerprint density at radius 2 is 1.83 bits per heavy atom. The molecule has 0 bridgehead atoms. The minimum atomic E-state index is -3.74. The van der Waals surface area contributed by atoms with Gasteiger partial charge in [0.1, 0.15) is 0 Å². The second-order valence-corrected chi connectivity index (χ2v) is 9.68. The molecular weight excluding hydrogens is 410 g/mol. The molecule has 0 atom stereocenters. The van der Waals surface area contributed by atoms with Gasteiger partial charge in [-0.1, -0.05) is 17.0 Å². The molecule has 0 radical (unpaired) electrons. The van der Waals surface area contributed by atoms with Crippen LogP contribution in [0.2, 0.25) is 0 Å². The van der Waals surface area contributed by atoms with Gasteiger partial charge in [0.05, 0.1) is 12.0 Å². The molecule has 1 fully saturated rings. The molecule has 1 amide bonds. The molecule has 0 saturated carbocycles. The first-order chi connectivity index (χ1) is 13.9. The molecule has 2 aromatic rings. The van der Waals surface area contributed by atoms with Crippen LogP contribution in [0.15, 0.2) is 47.4 Å². The molecule has 0 unspecified atom stereocenters. The Morgan fingerprint density at radius 1 is 1.14 bits per heavy atom. The second-order valence-electron chi connectivity index (χ2n) is 6.81. The summed E-state index contributed by atoms with van der Waals surface area (Å²) < 4.78 is 23.8. The lowest BCUT2D eigenvalue weighted by Gasteiger charge is -2.26. The molecule has 2 aromatic carbocycles. The van der Waals surface area contributed by atoms with Gasteiger partial charge in [-0.25, -0.2) is 8.42 Å². The fraction of sp³-hybridized carbons (Fsp3) is 0.350. The highest BCUT2D eigenvalue weighted by molar-refractivity contribution is 7.99. The van der Waals surface area contributed by atoms with Crippen molar-refractivity contribution in [2.45, 2.75) is 18.4 Å². The van der Waals surface area contributed by atoms with Crippen molar-refractivity contribution in [1.29, 1.82) is 0 Å². The fourth-order valence-electron chi connectivity index (χ4n) is 3.12. The standard InChI is InChI=1S/C20H25N3O4S2/c1-15-13-16(14-23-9-11-28-12-10-23)3-8-19(15)21-20(24)17-4-6-18(7-5-17)29(25,26)22-27-2/h3-8,13,22H,9-12,14H2,1-2H3,(H,21,24). The van der Waals surface area contributed by atoms with E-state index in [0.29, 0.717) is 5.56 Å². The predicted octanol–water partition coefficient (Wildman–Crippen LogP) is 2.64. The number of rotatable bonds is 7. The quantitative estimate of drug-likeness (QED) is 0.650. The highest BCUT2D eigenvalue weighted by atomic mass is 32.2. The molecule has 1 saturated heterocycles. The van der Waals surface area contributed by atoms with Crippen molar-refractivity contribution in [3.63, 3.8) is 0 Å². The van der Waals surface area contributed by atoms with Gasteiger partial charge in [-0.15, -0.1) is 0 Å². The van der Waals surface area contributed by atoms with E-state index < -0.39 is 10.0 Å². The van der Waals surface area contributed by atoms with E-state index in [-0.39, 0.29) is 10.8 Å². The zero-order chi connectivity index (χ0) is 20.9. The zero-order valence-corrected chi connectivity index (χ0v) is 18.1. The number of sulfonamides is 1. The molecule has 156 valence electrons. The minimum Gasteiger partial charge on any atom is -0.322 e. The Kier molecular flexibility index (Phi) is 7.31. The van der Waals surface area contributed by atoms with Crippen molar-refractivity contribution in [2.24, 2.45) is 0 Å². The number of aryl methyl sites for hydroxylation is 1. The summed E-state index contributed by atoms with van der Waals surface area (Å²) in [5, 5.41) is 2.90. The molecule has 3 rings (SSSR count). The summed E-state index contributed by atoms with van der Waals surface area (Å²) in [6.45, 7) is 5.10. The summed E-state index contributed by atoms with van der Waals surface area (Å²) in [4.78, 5) is 21.4. The Labute approximate surface area is 175 Å². The molecular formula is C20H25N3O4S2. The fourth-order valence-corrected chi connectivity index (χ4v) is 4.91. The highest BCUT2D eigenvalue weighted by Gasteiger charge is 2.15. The van der Waals surface area contributed by atoms with Crippen molar-refractivity contribution in [2.75, 3.05) is 37.0 Å². The number of nitrogens with one attached hydrogen (secondary N) is 2. The van der Waals surface area contributed by atoms with E-state index in [4.69, 9.17) is 0 Å². The van der Waals surface area contributed by atoms with Crippen LogP contribution in [0.4, 0.5) is 5.69 Å². The third-order valence-corrected chi connectivity index (χ3v) is 6.89. The van der Waals surface area contributed by atoms with Crippen LogP contribution in [-0.4, -0.2) is 50.9 Å². The van der Waals surface area contributed by atoms with Crippen LogP contribution in [0.3, 0.4) is 0 Å². The lowest BCUT2D eigenvalue weighted by atomic mass is 10.1. The SMILES string of the molecule is CONS(=O)(=O)c1ccc(C(=O)Nc2ccc(CN3CCSCC3)cc2C)cc1. The Balaban J connectivity index is 1.65.